The minimum Gasteiger partial charge on any atom is -0.465 e. The average molecular weight is 314 g/mol. The Kier molecular flexibility index (Phi) is 4.89. The fourth-order valence-corrected chi connectivity index (χ4v) is 2.64. The van der Waals surface area contributed by atoms with E-state index >= 15 is 0 Å². The summed E-state index contributed by atoms with van der Waals surface area (Å²) in [6, 6.07) is 7.71. The molecule has 0 radical (unpaired) electrons. The molecule has 1 aromatic heterocycles. The molecule has 0 aliphatic heterocycles. The third-order valence-electron chi connectivity index (χ3n) is 3.98. The van der Waals surface area contributed by atoms with Crippen LogP contribution in [0, 0.1) is 13.8 Å². The van der Waals surface area contributed by atoms with E-state index in [2.05, 4.69) is 4.98 Å². The van der Waals surface area contributed by atoms with E-state index in [1.165, 1.54) is 7.11 Å². The molecule has 5 nitrogen and oxygen atoms in total. The van der Waals surface area contributed by atoms with Crippen molar-refractivity contribution in [3.63, 3.8) is 0 Å². The van der Waals surface area contributed by atoms with Gasteiger partial charge in [0.25, 0.3) is 5.91 Å². The highest BCUT2D eigenvalue weighted by molar-refractivity contribution is 6.08. The van der Waals surface area contributed by atoms with Crippen LogP contribution >= 0.6 is 0 Å². The maximum Gasteiger partial charge on any atom is 0.339 e. The lowest BCUT2D eigenvalue weighted by molar-refractivity contribution is 0.0599. The van der Waals surface area contributed by atoms with Crippen molar-refractivity contribution in [2.45, 2.75) is 27.2 Å². The van der Waals surface area contributed by atoms with E-state index in [4.69, 9.17) is 4.74 Å². The lowest BCUT2D eigenvalue weighted by atomic mass is 10.1. The van der Waals surface area contributed by atoms with Crippen LogP contribution in [-0.4, -0.2) is 31.0 Å². The monoisotopic (exact) mass is 314 g/mol. The van der Waals surface area contributed by atoms with Crippen molar-refractivity contribution < 1.29 is 14.3 Å². The largest absolute Gasteiger partial charge is 0.465 e. The summed E-state index contributed by atoms with van der Waals surface area (Å²) in [6.07, 6.45) is 0.618. The zero-order valence-corrected chi connectivity index (χ0v) is 14.2. The molecule has 1 amide bonds. The molecule has 0 atom stereocenters. The molecule has 0 aliphatic carbocycles. The van der Waals surface area contributed by atoms with Crippen molar-refractivity contribution in [1.82, 2.24) is 4.98 Å². The number of rotatable bonds is 4. The Morgan fingerprint density at radius 2 is 1.96 bits per heavy atom. The number of hydrogen-bond donors (Lipinski definition) is 1. The van der Waals surface area contributed by atoms with Gasteiger partial charge < -0.3 is 14.6 Å². The minimum atomic E-state index is -0.423. The fraction of sp³-hybridized carbons (Fsp3) is 0.333. The Balaban J connectivity index is 2.43. The molecule has 0 spiro atoms. The molecule has 1 heterocycles. The molecule has 2 rings (SSSR count). The number of methoxy groups -OCH3 is 1. The molecular weight excluding hydrogens is 292 g/mol. The predicted octanol–water partition coefficient (Wildman–Crippen LogP) is 3.26. The SMILES string of the molecule is CCc1[nH]c(C(=O)N(C)c2cccc(C)c2)c(C)c1C(=O)OC. The molecule has 1 N–H and O–H groups in total. The number of hydrogen-bond acceptors (Lipinski definition) is 3. The second-order valence-electron chi connectivity index (χ2n) is 5.53. The van der Waals surface area contributed by atoms with Crippen LogP contribution in [0.3, 0.4) is 0 Å². The van der Waals surface area contributed by atoms with E-state index in [-0.39, 0.29) is 5.91 Å². The third kappa shape index (κ3) is 3.13. The fourth-order valence-electron chi connectivity index (χ4n) is 2.64. The van der Waals surface area contributed by atoms with Gasteiger partial charge in [0.05, 0.1) is 12.7 Å². The second-order valence-corrected chi connectivity index (χ2v) is 5.53. The molecule has 0 saturated heterocycles. The highest BCUT2D eigenvalue weighted by Crippen LogP contribution is 2.23. The summed E-state index contributed by atoms with van der Waals surface area (Å²) in [4.78, 5) is 29.4. The van der Waals surface area contributed by atoms with Gasteiger partial charge in [-0.3, -0.25) is 4.79 Å². The summed E-state index contributed by atoms with van der Waals surface area (Å²) in [5.41, 5.74) is 4.10. The van der Waals surface area contributed by atoms with Crippen molar-refractivity contribution in [2.75, 3.05) is 19.1 Å². The van der Waals surface area contributed by atoms with Crippen LogP contribution in [0.2, 0.25) is 0 Å². The minimum absolute atomic E-state index is 0.182. The van der Waals surface area contributed by atoms with Crippen LogP contribution < -0.4 is 4.90 Å². The van der Waals surface area contributed by atoms with E-state index in [1.807, 2.05) is 38.1 Å². The molecule has 1 aromatic carbocycles. The Morgan fingerprint density at radius 3 is 2.52 bits per heavy atom. The highest BCUT2D eigenvalue weighted by Gasteiger charge is 2.25. The molecule has 2 aromatic rings. The summed E-state index contributed by atoms with van der Waals surface area (Å²) in [6.45, 7) is 5.67. The summed E-state index contributed by atoms with van der Waals surface area (Å²) >= 11 is 0. The van der Waals surface area contributed by atoms with Crippen LogP contribution in [-0.2, 0) is 11.2 Å². The molecule has 0 unspecified atom stereocenters. The number of carbonyl (C=O) groups excluding carboxylic acids is 2. The first-order valence-corrected chi connectivity index (χ1v) is 7.55. The van der Waals surface area contributed by atoms with Crippen molar-refractivity contribution >= 4 is 17.6 Å². The standard InChI is InChI=1S/C18H22N2O3/c1-6-14-15(18(22)23-5)12(3)16(19-14)17(21)20(4)13-9-7-8-11(2)10-13/h7-10,19H,6H2,1-5H3. The first kappa shape index (κ1) is 16.8. The molecule has 122 valence electrons. The first-order valence-electron chi connectivity index (χ1n) is 7.55. The number of benzene rings is 1. The van der Waals surface area contributed by atoms with Gasteiger partial charge in [0.1, 0.15) is 5.69 Å². The summed E-state index contributed by atoms with van der Waals surface area (Å²) < 4.78 is 4.83. The van der Waals surface area contributed by atoms with Gasteiger partial charge in [-0.05, 0) is 43.5 Å². The Bertz CT molecular complexity index is 747. The molecule has 5 heteroatoms. The zero-order valence-electron chi connectivity index (χ0n) is 14.2. The Hall–Kier alpha value is -2.56. The second kappa shape index (κ2) is 6.69. The van der Waals surface area contributed by atoms with Crippen LogP contribution in [0.5, 0.6) is 0 Å². The number of anilines is 1. The van der Waals surface area contributed by atoms with Crippen molar-refractivity contribution in [2.24, 2.45) is 0 Å². The van der Waals surface area contributed by atoms with E-state index in [0.29, 0.717) is 23.2 Å². The summed E-state index contributed by atoms with van der Waals surface area (Å²) in [5.74, 6) is -0.606. The van der Waals surface area contributed by atoms with Gasteiger partial charge in [-0.25, -0.2) is 4.79 Å². The van der Waals surface area contributed by atoms with Gasteiger partial charge in [-0.2, -0.15) is 0 Å². The van der Waals surface area contributed by atoms with Gasteiger partial charge in [0.15, 0.2) is 0 Å². The van der Waals surface area contributed by atoms with Gasteiger partial charge in [-0.15, -0.1) is 0 Å². The number of nitrogens with one attached hydrogen (secondary N) is 1. The number of H-pyrrole nitrogens is 1. The van der Waals surface area contributed by atoms with Gasteiger partial charge in [-0.1, -0.05) is 19.1 Å². The number of nitrogens with zero attached hydrogens (tertiary/aromatic N) is 1. The van der Waals surface area contributed by atoms with Gasteiger partial charge >= 0.3 is 5.97 Å². The maximum atomic E-state index is 12.8. The Labute approximate surface area is 136 Å². The smallest absolute Gasteiger partial charge is 0.339 e. The van der Waals surface area contributed by atoms with Gasteiger partial charge in [0, 0.05) is 18.4 Å². The van der Waals surface area contributed by atoms with Crippen LogP contribution in [0.25, 0.3) is 0 Å². The number of carbonyl (C=O) groups is 2. The quantitative estimate of drug-likeness (QED) is 0.881. The third-order valence-corrected chi connectivity index (χ3v) is 3.98. The number of ether oxygens (including phenoxy) is 1. The topological polar surface area (TPSA) is 62.4 Å². The normalized spacial score (nSPS) is 10.5. The van der Waals surface area contributed by atoms with Crippen molar-refractivity contribution in [3.8, 4) is 0 Å². The average Bonchev–Trinajstić information content (AvgIpc) is 2.89. The van der Waals surface area contributed by atoms with E-state index in [9.17, 15) is 9.59 Å². The first-order chi connectivity index (χ1) is 10.9. The van der Waals surface area contributed by atoms with E-state index in [0.717, 1.165) is 16.9 Å². The Morgan fingerprint density at radius 1 is 1.26 bits per heavy atom. The van der Waals surface area contributed by atoms with Crippen LogP contribution in [0.15, 0.2) is 24.3 Å². The lowest BCUT2D eigenvalue weighted by Gasteiger charge is -2.17. The lowest BCUT2D eigenvalue weighted by Crippen LogP contribution is -2.27. The molecule has 0 aliphatic rings. The highest BCUT2D eigenvalue weighted by atomic mass is 16.5. The number of esters is 1. The molecule has 0 bridgehead atoms. The van der Waals surface area contributed by atoms with Crippen molar-refractivity contribution in [1.29, 1.82) is 0 Å². The molecule has 0 saturated carbocycles. The van der Waals surface area contributed by atoms with Crippen molar-refractivity contribution in [3.05, 3.63) is 52.3 Å². The van der Waals surface area contributed by atoms with Crippen LogP contribution in [0.4, 0.5) is 5.69 Å². The number of aryl methyl sites for hydroxylation is 2. The molecule has 23 heavy (non-hydrogen) atoms. The number of aromatic amines is 1. The van der Waals surface area contributed by atoms with Gasteiger partial charge in [0.2, 0.25) is 0 Å². The predicted molar refractivity (Wildman–Crippen MR) is 90.2 cm³/mol. The van der Waals surface area contributed by atoms with Crippen LogP contribution in [0.1, 0.15) is 44.6 Å². The maximum absolute atomic E-state index is 12.8. The molecular formula is C18H22N2O3. The number of amides is 1. The zero-order chi connectivity index (χ0) is 17.1. The number of aromatic nitrogens is 1. The van der Waals surface area contributed by atoms with E-state index in [1.54, 1.807) is 18.9 Å². The summed E-state index contributed by atoms with van der Waals surface area (Å²) in [7, 11) is 3.06. The van der Waals surface area contributed by atoms with E-state index < -0.39 is 5.97 Å². The molecule has 0 fully saturated rings. The summed E-state index contributed by atoms with van der Waals surface area (Å²) in [5, 5.41) is 0.